The normalized spacial score (nSPS) is 11.0. The molecule has 0 aliphatic carbocycles. The third-order valence-corrected chi connectivity index (χ3v) is 3.01. The average molecular weight is 273 g/mol. The third kappa shape index (κ3) is 2.87. The first-order valence-corrected chi connectivity index (χ1v) is 6.80. The Labute approximate surface area is 117 Å². The van der Waals surface area contributed by atoms with Crippen molar-refractivity contribution in [1.29, 1.82) is 0 Å². The summed E-state index contributed by atoms with van der Waals surface area (Å²) >= 11 is 0. The number of nitrogens with one attached hydrogen (secondary N) is 1. The highest BCUT2D eigenvalue weighted by Crippen LogP contribution is 2.08. The van der Waals surface area contributed by atoms with Crippen LogP contribution in [0.15, 0.2) is 29.1 Å². The van der Waals surface area contributed by atoms with Crippen LogP contribution in [0.1, 0.15) is 26.6 Å². The maximum absolute atomic E-state index is 12.5. The predicted octanol–water partition coefficient (Wildman–Crippen LogP) is 1.48. The van der Waals surface area contributed by atoms with E-state index in [0.29, 0.717) is 23.1 Å². The summed E-state index contributed by atoms with van der Waals surface area (Å²) in [7, 11) is 0. The Morgan fingerprint density at radius 3 is 2.70 bits per heavy atom. The molecule has 0 spiro atoms. The Balaban J connectivity index is 2.48. The zero-order chi connectivity index (χ0) is 14.7. The molecule has 0 saturated heterocycles. The maximum Gasteiger partial charge on any atom is 0.261 e. The maximum atomic E-state index is 12.5. The second-order valence-corrected chi connectivity index (χ2v) is 5.01. The van der Waals surface area contributed by atoms with Crippen molar-refractivity contribution in [1.82, 2.24) is 14.9 Å². The van der Waals surface area contributed by atoms with Gasteiger partial charge >= 0.3 is 0 Å². The molecule has 1 amide bonds. The van der Waals surface area contributed by atoms with Gasteiger partial charge in [0, 0.05) is 12.5 Å². The van der Waals surface area contributed by atoms with Crippen molar-refractivity contribution in [3.63, 3.8) is 0 Å². The molecule has 0 unspecified atom stereocenters. The molecule has 1 aromatic heterocycles. The summed E-state index contributed by atoms with van der Waals surface area (Å²) in [5.74, 6) is 0.460. The topological polar surface area (TPSA) is 64.0 Å². The number of fused-ring (bicyclic) bond motifs is 1. The molecular formula is C15H19N3O2. The minimum Gasteiger partial charge on any atom is -0.352 e. The minimum absolute atomic E-state index is 0.0119. The fourth-order valence-corrected chi connectivity index (χ4v) is 2.16. The lowest BCUT2D eigenvalue weighted by atomic mass is 10.2. The minimum atomic E-state index is -0.172. The zero-order valence-electron chi connectivity index (χ0n) is 12.0. The third-order valence-electron chi connectivity index (χ3n) is 3.01. The molecule has 1 heterocycles. The quantitative estimate of drug-likeness (QED) is 0.917. The van der Waals surface area contributed by atoms with Crippen LogP contribution in [-0.2, 0) is 17.8 Å². The molecule has 0 saturated carbocycles. The van der Waals surface area contributed by atoms with Crippen LogP contribution >= 0.6 is 0 Å². The molecule has 2 rings (SSSR count). The fourth-order valence-electron chi connectivity index (χ4n) is 2.16. The van der Waals surface area contributed by atoms with Crippen LogP contribution in [0, 0.1) is 0 Å². The second kappa shape index (κ2) is 5.86. The molecular weight excluding hydrogens is 254 g/mol. The molecule has 0 fully saturated rings. The lowest BCUT2D eigenvalue weighted by Gasteiger charge is -2.13. The molecule has 0 atom stereocenters. The van der Waals surface area contributed by atoms with E-state index in [1.165, 1.54) is 4.57 Å². The monoisotopic (exact) mass is 273 g/mol. The van der Waals surface area contributed by atoms with Gasteiger partial charge in [-0.2, -0.15) is 0 Å². The Morgan fingerprint density at radius 1 is 1.35 bits per heavy atom. The van der Waals surface area contributed by atoms with E-state index in [1.54, 1.807) is 12.1 Å². The molecule has 0 aliphatic heterocycles. The van der Waals surface area contributed by atoms with E-state index in [2.05, 4.69) is 10.3 Å². The summed E-state index contributed by atoms with van der Waals surface area (Å²) in [6.45, 7) is 5.71. The highest BCUT2D eigenvalue weighted by Gasteiger charge is 2.13. The van der Waals surface area contributed by atoms with Gasteiger partial charge in [0.05, 0.1) is 10.9 Å². The molecule has 0 bridgehead atoms. The van der Waals surface area contributed by atoms with Gasteiger partial charge in [0.1, 0.15) is 12.4 Å². The van der Waals surface area contributed by atoms with E-state index in [1.807, 2.05) is 32.9 Å². The summed E-state index contributed by atoms with van der Waals surface area (Å²) in [4.78, 5) is 28.8. The highest BCUT2D eigenvalue weighted by molar-refractivity contribution is 5.79. The number of hydrogen-bond donors (Lipinski definition) is 1. The Hall–Kier alpha value is -2.17. The van der Waals surface area contributed by atoms with E-state index < -0.39 is 0 Å². The number of amides is 1. The largest absolute Gasteiger partial charge is 0.352 e. The van der Waals surface area contributed by atoms with Crippen LogP contribution in [0.4, 0.5) is 0 Å². The number of carbonyl (C=O) groups is 1. The van der Waals surface area contributed by atoms with Crippen LogP contribution < -0.4 is 10.9 Å². The van der Waals surface area contributed by atoms with E-state index in [-0.39, 0.29) is 24.1 Å². The molecule has 2 aromatic rings. The molecule has 5 nitrogen and oxygen atoms in total. The van der Waals surface area contributed by atoms with Crippen LogP contribution in [0.3, 0.4) is 0 Å². The van der Waals surface area contributed by atoms with Crippen molar-refractivity contribution >= 4 is 16.8 Å². The molecule has 1 aromatic carbocycles. The number of aromatic nitrogens is 2. The van der Waals surface area contributed by atoms with Gasteiger partial charge in [0.25, 0.3) is 5.56 Å². The van der Waals surface area contributed by atoms with Crippen molar-refractivity contribution in [2.24, 2.45) is 0 Å². The summed E-state index contributed by atoms with van der Waals surface area (Å²) in [6, 6.07) is 7.26. The number of para-hydroxylation sites is 1. The van der Waals surface area contributed by atoms with E-state index in [4.69, 9.17) is 0 Å². The van der Waals surface area contributed by atoms with Crippen LogP contribution in [0.25, 0.3) is 10.9 Å². The van der Waals surface area contributed by atoms with E-state index >= 15 is 0 Å². The van der Waals surface area contributed by atoms with Gasteiger partial charge in [0.2, 0.25) is 5.91 Å². The van der Waals surface area contributed by atoms with Crippen LogP contribution in [0.5, 0.6) is 0 Å². The lowest BCUT2D eigenvalue weighted by molar-refractivity contribution is -0.122. The lowest BCUT2D eigenvalue weighted by Crippen LogP contribution is -2.37. The van der Waals surface area contributed by atoms with Crippen molar-refractivity contribution in [2.75, 3.05) is 0 Å². The molecule has 0 aliphatic rings. The van der Waals surface area contributed by atoms with Crippen molar-refractivity contribution in [2.45, 2.75) is 39.8 Å². The summed E-state index contributed by atoms with van der Waals surface area (Å²) in [5.41, 5.74) is 0.515. The molecule has 1 N–H and O–H groups in total. The Bertz CT molecular complexity index is 689. The van der Waals surface area contributed by atoms with Crippen molar-refractivity contribution < 1.29 is 4.79 Å². The van der Waals surface area contributed by atoms with Gasteiger partial charge in [-0.3, -0.25) is 14.2 Å². The fraction of sp³-hybridized carbons (Fsp3) is 0.400. The number of carbonyl (C=O) groups excluding carboxylic acids is 1. The van der Waals surface area contributed by atoms with Gasteiger partial charge < -0.3 is 5.32 Å². The van der Waals surface area contributed by atoms with E-state index in [0.717, 1.165) is 0 Å². The summed E-state index contributed by atoms with van der Waals surface area (Å²) in [5, 5.41) is 3.33. The first-order valence-electron chi connectivity index (χ1n) is 6.80. The van der Waals surface area contributed by atoms with Crippen molar-refractivity contribution in [3.8, 4) is 0 Å². The molecule has 20 heavy (non-hydrogen) atoms. The zero-order valence-corrected chi connectivity index (χ0v) is 12.0. The van der Waals surface area contributed by atoms with Gasteiger partial charge in [0.15, 0.2) is 0 Å². The first kappa shape index (κ1) is 14.2. The number of hydrogen-bond acceptors (Lipinski definition) is 3. The number of aryl methyl sites for hydroxylation is 1. The predicted molar refractivity (Wildman–Crippen MR) is 78.7 cm³/mol. The van der Waals surface area contributed by atoms with E-state index in [9.17, 15) is 9.59 Å². The van der Waals surface area contributed by atoms with Gasteiger partial charge in [-0.25, -0.2) is 4.98 Å². The standard InChI is InChI=1S/C15H19N3O2/c1-4-13-17-12-8-6-5-7-11(12)15(20)18(13)9-14(19)16-10(2)3/h5-8,10H,4,9H2,1-3H3,(H,16,19). The van der Waals surface area contributed by atoms with Gasteiger partial charge in [-0.15, -0.1) is 0 Å². The molecule has 106 valence electrons. The van der Waals surface area contributed by atoms with Crippen LogP contribution in [-0.4, -0.2) is 21.5 Å². The number of nitrogens with zero attached hydrogens (tertiary/aromatic N) is 2. The second-order valence-electron chi connectivity index (χ2n) is 5.01. The van der Waals surface area contributed by atoms with Gasteiger partial charge in [-0.05, 0) is 26.0 Å². The molecule has 0 radical (unpaired) electrons. The number of benzene rings is 1. The smallest absolute Gasteiger partial charge is 0.261 e. The Kier molecular flexibility index (Phi) is 4.17. The average Bonchev–Trinajstić information content (AvgIpc) is 2.41. The summed E-state index contributed by atoms with van der Waals surface area (Å²) < 4.78 is 1.46. The molecule has 5 heteroatoms. The van der Waals surface area contributed by atoms with Gasteiger partial charge in [-0.1, -0.05) is 19.1 Å². The summed E-state index contributed by atoms with van der Waals surface area (Å²) in [6.07, 6.45) is 0.606. The highest BCUT2D eigenvalue weighted by atomic mass is 16.2. The Morgan fingerprint density at radius 2 is 2.05 bits per heavy atom. The van der Waals surface area contributed by atoms with Crippen LogP contribution in [0.2, 0.25) is 0 Å². The van der Waals surface area contributed by atoms with Crippen molar-refractivity contribution in [3.05, 3.63) is 40.4 Å². The first-order chi connectivity index (χ1) is 9.52. The SMILES string of the molecule is CCc1nc2ccccc2c(=O)n1CC(=O)NC(C)C. The number of rotatable bonds is 4.